The zero-order valence-corrected chi connectivity index (χ0v) is 16.9. The predicted octanol–water partition coefficient (Wildman–Crippen LogP) is 1.30. The van der Waals surface area contributed by atoms with Gasteiger partial charge in [-0.3, -0.25) is 4.79 Å². The fourth-order valence-electron chi connectivity index (χ4n) is 3.42. The third kappa shape index (κ3) is 10.8. The smallest absolute Gasteiger partial charge is 0.305 e. The Balaban J connectivity index is 0.00000441. The molecule has 0 radical (unpaired) electrons. The number of esters is 1. The minimum absolute atomic E-state index is 0. The Hall–Kier alpha value is 0.160. The number of nitrogens with zero attached hydrogens (tertiary/aromatic N) is 1. The van der Waals surface area contributed by atoms with E-state index in [1.165, 1.54) is 95.4 Å². The number of carbonyl (C=O) groups excluding carboxylic acids is 1. The topological polar surface area (TPSA) is 26.3 Å². The van der Waals surface area contributed by atoms with Gasteiger partial charge in [0.25, 0.3) is 0 Å². The predicted molar refractivity (Wildman–Crippen MR) is 88.2 cm³/mol. The molecule has 1 aliphatic heterocycles. The fraction of sp³-hybridized carbons (Fsp3) is 0.944. The Morgan fingerprint density at radius 1 is 0.864 bits per heavy atom. The number of ether oxygens (including phenoxy) is 1. The van der Waals surface area contributed by atoms with Crippen molar-refractivity contribution in [2.24, 2.45) is 0 Å². The average Bonchev–Trinajstić information content (AvgIpc) is 2.49. The van der Waals surface area contributed by atoms with E-state index in [1.54, 1.807) is 0 Å². The lowest BCUT2D eigenvalue weighted by Gasteiger charge is -2.37. The standard InChI is InChI=1S/C18H36NO2.HI/c1-19(16-12-9-13-17-19)15-11-8-6-4-3-5-7-10-14-18(20)21-2;/h3-17H2,1-2H3;1H/q+1;/p-1. The first kappa shape index (κ1) is 22.2. The van der Waals surface area contributed by atoms with Gasteiger partial charge in [-0.15, -0.1) is 0 Å². The largest absolute Gasteiger partial charge is 1.00 e. The van der Waals surface area contributed by atoms with Gasteiger partial charge in [-0.25, -0.2) is 0 Å². The van der Waals surface area contributed by atoms with Crippen molar-refractivity contribution in [2.75, 3.05) is 33.8 Å². The summed E-state index contributed by atoms with van der Waals surface area (Å²) in [7, 11) is 3.91. The average molecular weight is 425 g/mol. The van der Waals surface area contributed by atoms with Crippen molar-refractivity contribution in [1.29, 1.82) is 0 Å². The molecule has 0 saturated carbocycles. The second-order valence-corrected chi connectivity index (χ2v) is 7.01. The normalized spacial score (nSPS) is 16.8. The second kappa shape index (κ2) is 13.6. The number of methoxy groups -OCH3 is 1. The Labute approximate surface area is 154 Å². The maximum Gasteiger partial charge on any atom is 0.305 e. The second-order valence-electron chi connectivity index (χ2n) is 7.01. The van der Waals surface area contributed by atoms with Crippen LogP contribution in [0.4, 0.5) is 0 Å². The van der Waals surface area contributed by atoms with Crippen LogP contribution in [-0.4, -0.2) is 44.2 Å². The van der Waals surface area contributed by atoms with Crippen molar-refractivity contribution in [3.05, 3.63) is 0 Å². The van der Waals surface area contributed by atoms with Crippen LogP contribution in [0.2, 0.25) is 0 Å². The number of hydrogen-bond acceptors (Lipinski definition) is 2. The highest BCUT2D eigenvalue weighted by atomic mass is 127. The molecule has 1 fully saturated rings. The van der Waals surface area contributed by atoms with E-state index in [0.29, 0.717) is 6.42 Å². The monoisotopic (exact) mass is 425 g/mol. The zero-order chi connectivity index (χ0) is 15.4. The molecule has 132 valence electrons. The molecule has 3 nitrogen and oxygen atoms in total. The number of likely N-dealkylation sites (tertiary alicyclic amines) is 1. The van der Waals surface area contributed by atoms with Gasteiger partial charge in [-0.05, 0) is 38.5 Å². The third-order valence-electron chi connectivity index (χ3n) is 4.95. The van der Waals surface area contributed by atoms with Gasteiger partial charge < -0.3 is 33.2 Å². The third-order valence-corrected chi connectivity index (χ3v) is 4.95. The summed E-state index contributed by atoms with van der Waals surface area (Å²) in [5.74, 6) is -0.0654. The van der Waals surface area contributed by atoms with Crippen LogP contribution in [0.15, 0.2) is 0 Å². The summed E-state index contributed by atoms with van der Waals surface area (Å²) in [6.45, 7) is 4.19. The van der Waals surface area contributed by atoms with Crippen LogP contribution >= 0.6 is 0 Å². The molecule has 0 N–H and O–H groups in total. The molecule has 0 aromatic carbocycles. The Morgan fingerprint density at radius 2 is 1.36 bits per heavy atom. The van der Waals surface area contributed by atoms with E-state index < -0.39 is 0 Å². The maximum absolute atomic E-state index is 11.0. The van der Waals surface area contributed by atoms with Crippen molar-refractivity contribution in [3.63, 3.8) is 0 Å². The summed E-state index contributed by atoms with van der Waals surface area (Å²) >= 11 is 0. The molecule has 1 heterocycles. The number of unbranched alkanes of at least 4 members (excludes halogenated alkanes) is 7. The van der Waals surface area contributed by atoms with Crippen molar-refractivity contribution >= 4 is 5.97 Å². The van der Waals surface area contributed by atoms with E-state index in [-0.39, 0.29) is 29.9 Å². The van der Waals surface area contributed by atoms with Gasteiger partial charge in [-0.1, -0.05) is 32.1 Å². The molecular weight excluding hydrogens is 389 g/mol. The van der Waals surface area contributed by atoms with E-state index in [0.717, 1.165) is 6.42 Å². The zero-order valence-electron chi connectivity index (χ0n) is 14.7. The van der Waals surface area contributed by atoms with Gasteiger partial charge >= 0.3 is 5.97 Å². The van der Waals surface area contributed by atoms with Crippen molar-refractivity contribution in [3.8, 4) is 0 Å². The van der Waals surface area contributed by atoms with Crippen LogP contribution in [-0.2, 0) is 9.53 Å². The van der Waals surface area contributed by atoms with E-state index in [1.807, 2.05) is 0 Å². The van der Waals surface area contributed by atoms with Gasteiger partial charge in [0.1, 0.15) is 0 Å². The summed E-state index contributed by atoms with van der Waals surface area (Å²) in [6, 6.07) is 0. The molecule has 1 rings (SSSR count). The highest BCUT2D eigenvalue weighted by Crippen LogP contribution is 2.18. The molecule has 0 spiro atoms. The molecule has 22 heavy (non-hydrogen) atoms. The quantitative estimate of drug-likeness (QED) is 0.216. The number of carbonyl (C=O) groups is 1. The first-order valence-electron chi connectivity index (χ1n) is 9.07. The van der Waals surface area contributed by atoms with Crippen molar-refractivity contribution in [1.82, 2.24) is 0 Å². The molecule has 0 bridgehead atoms. The van der Waals surface area contributed by atoms with Gasteiger partial charge in [0.05, 0.1) is 33.8 Å². The van der Waals surface area contributed by atoms with Gasteiger partial charge in [0.15, 0.2) is 0 Å². The van der Waals surface area contributed by atoms with Gasteiger partial charge in [0.2, 0.25) is 0 Å². The number of halogens is 1. The molecule has 0 aromatic rings. The van der Waals surface area contributed by atoms with Crippen LogP contribution in [0.1, 0.15) is 77.0 Å². The van der Waals surface area contributed by atoms with E-state index >= 15 is 0 Å². The molecule has 0 aromatic heterocycles. The first-order chi connectivity index (χ1) is 10.2. The lowest BCUT2D eigenvalue weighted by atomic mass is 10.1. The van der Waals surface area contributed by atoms with Gasteiger partial charge in [0, 0.05) is 6.42 Å². The Bertz CT molecular complexity index is 278. The molecule has 1 aliphatic rings. The lowest BCUT2D eigenvalue weighted by molar-refractivity contribution is -0.914. The molecule has 0 amide bonds. The summed E-state index contributed by atoms with van der Waals surface area (Å²) in [4.78, 5) is 11.0. The van der Waals surface area contributed by atoms with Gasteiger partial charge in [-0.2, -0.15) is 0 Å². The van der Waals surface area contributed by atoms with Crippen LogP contribution < -0.4 is 24.0 Å². The lowest BCUT2D eigenvalue weighted by Crippen LogP contribution is -3.00. The fourth-order valence-corrected chi connectivity index (χ4v) is 3.42. The number of quaternary nitrogens is 1. The molecule has 1 saturated heterocycles. The number of hydrogen-bond donors (Lipinski definition) is 0. The maximum atomic E-state index is 11.0. The van der Waals surface area contributed by atoms with Crippen LogP contribution in [0.5, 0.6) is 0 Å². The highest BCUT2D eigenvalue weighted by molar-refractivity contribution is 5.68. The molecule has 0 unspecified atom stereocenters. The number of piperidine rings is 1. The van der Waals surface area contributed by atoms with Crippen LogP contribution in [0.25, 0.3) is 0 Å². The van der Waals surface area contributed by atoms with Crippen molar-refractivity contribution < 1.29 is 38.0 Å². The molecule has 4 heteroatoms. The Morgan fingerprint density at radius 3 is 1.91 bits per heavy atom. The number of rotatable bonds is 11. The highest BCUT2D eigenvalue weighted by Gasteiger charge is 2.23. The summed E-state index contributed by atoms with van der Waals surface area (Å²) < 4.78 is 5.97. The summed E-state index contributed by atoms with van der Waals surface area (Å²) in [6.07, 6.45) is 15.2. The minimum atomic E-state index is -0.0654. The van der Waals surface area contributed by atoms with E-state index in [9.17, 15) is 4.79 Å². The van der Waals surface area contributed by atoms with Crippen molar-refractivity contribution in [2.45, 2.75) is 77.0 Å². The van der Waals surface area contributed by atoms with Crippen LogP contribution in [0.3, 0.4) is 0 Å². The minimum Gasteiger partial charge on any atom is -1.00 e. The van der Waals surface area contributed by atoms with Crippen LogP contribution in [0, 0.1) is 0 Å². The van der Waals surface area contributed by atoms with E-state index in [4.69, 9.17) is 0 Å². The van der Waals surface area contributed by atoms with E-state index in [2.05, 4.69) is 11.8 Å². The molecule has 0 aliphatic carbocycles. The Kier molecular flexibility index (Phi) is 13.7. The molecular formula is C18H36INO2. The summed E-state index contributed by atoms with van der Waals surface area (Å²) in [5.41, 5.74) is 0. The summed E-state index contributed by atoms with van der Waals surface area (Å²) in [5, 5.41) is 0. The SMILES string of the molecule is COC(=O)CCCCCCCCCC[N+]1(C)CCCCC1.[I-]. The first-order valence-corrected chi connectivity index (χ1v) is 9.07. The molecule has 0 atom stereocenters.